The van der Waals surface area contributed by atoms with E-state index in [1.54, 1.807) is 30.9 Å². The summed E-state index contributed by atoms with van der Waals surface area (Å²) < 4.78 is 0. The molecule has 0 saturated heterocycles. The lowest BCUT2D eigenvalue weighted by Gasteiger charge is -2.28. The van der Waals surface area contributed by atoms with Crippen molar-refractivity contribution in [1.82, 2.24) is 10.2 Å². The molecule has 1 atom stereocenters. The predicted molar refractivity (Wildman–Crippen MR) is 85.1 cm³/mol. The van der Waals surface area contributed by atoms with E-state index in [1.165, 1.54) is 0 Å². The lowest BCUT2D eigenvalue weighted by atomic mass is 10.1. The Morgan fingerprint density at radius 3 is 2.38 bits per heavy atom. The highest BCUT2D eigenvalue weighted by atomic mass is 35.5. The van der Waals surface area contributed by atoms with Crippen LogP contribution in [0.1, 0.15) is 39.2 Å². The van der Waals surface area contributed by atoms with Gasteiger partial charge < -0.3 is 10.2 Å². The largest absolute Gasteiger partial charge is 0.354 e. The number of nitrogens with zero attached hydrogens (tertiary/aromatic N) is 1. The van der Waals surface area contributed by atoms with E-state index >= 15 is 0 Å². The van der Waals surface area contributed by atoms with Gasteiger partial charge in [0, 0.05) is 24.5 Å². The van der Waals surface area contributed by atoms with Crippen molar-refractivity contribution in [2.45, 2.75) is 46.2 Å². The van der Waals surface area contributed by atoms with Crippen LogP contribution in [-0.4, -0.2) is 29.3 Å². The summed E-state index contributed by atoms with van der Waals surface area (Å²) in [5.41, 5.74) is 0.955. The minimum Gasteiger partial charge on any atom is -0.354 e. The van der Waals surface area contributed by atoms with Gasteiger partial charge in [-0.3, -0.25) is 9.59 Å². The minimum atomic E-state index is -0.486. The monoisotopic (exact) mass is 310 g/mol. The summed E-state index contributed by atoms with van der Waals surface area (Å²) in [6.07, 6.45) is 1.25. The molecule has 2 amide bonds. The second-order valence-electron chi connectivity index (χ2n) is 4.97. The third-order valence-corrected chi connectivity index (χ3v) is 3.54. The summed E-state index contributed by atoms with van der Waals surface area (Å²) in [4.78, 5) is 25.8. The first-order valence-electron chi connectivity index (χ1n) is 7.31. The summed E-state index contributed by atoms with van der Waals surface area (Å²) in [7, 11) is 0. The Morgan fingerprint density at radius 2 is 1.86 bits per heavy atom. The minimum absolute atomic E-state index is 0.0379. The van der Waals surface area contributed by atoms with Gasteiger partial charge in [-0.1, -0.05) is 37.6 Å². The van der Waals surface area contributed by atoms with Crippen LogP contribution in [0, 0.1) is 0 Å². The van der Waals surface area contributed by atoms with Gasteiger partial charge in [0.05, 0.1) is 0 Å². The predicted octanol–water partition coefficient (Wildman–Crippen LogP) is 2.99. The second kappa shape index (κ2) is 8.67. The second-order valence-corrected chi connectivity index (χ2v) is 5.41. The first kappa shape index (κ1) is 17.5. The van der Waals surface area contributed by atoms with Gasteiger partial charge in [-0.2, -0.15) is 0 Å². The molecule has 0 spiro atoms. The van der Waals surface area contributed by atoms with Crippen molar-refractivity contribution in [1.29, 1.82) is 0 Å². The Kier molecular flexibility index (Phi) is 7.23. The fourth-order valence-corrected chi connectivity index (χ4v) is 2.09. The molecule has 0 aromatic heterocycles. The van der Waals surface area contributed by atoms with Crippen LogP contribution in [-0.2, 0) is 16.1 Å². The van der Waals surface area contributed by atoms with E-state index in [9.17, 15) is 9.59 Å². The Hall–Kier alpha value is -1.55. The summed E-state index contributed by atoms with van der Waals surface area (Å²) in [6.45, 7) is 6.58. The SMILES string of the molecule is CCCNC(=O)[C@@H](C)N(Cc1ccc(Cl)cc1)C(=O)CC. The molecule has 0 fully saturated rings. The number of hydrogen-bond donors (Lipinski definition) is 1. The van der Waals surface area contributed by atoms with Crippen LogP contribution in [0.5, 0.6) is 0 Å². The highest BCUT2D eigenvalue weighted by Crippen LogP contribution is 2.14. The molecule has 0 unspecified atom stereocenters. The van der Waals surface area contributed by atoms with E-state index in [0.717, 1.165) is 12.0 Å². The van der Waals surface area contributed by atoms with Crippen LogP contribution < -0.4 is 5.32 Å². The van der Waals surface area contributed by atoms with E-state index in [0.29, 0.717) is 24.5 Å². The fraction of sp³-hybridized carbons (Fsp3) is 0.500. The quantitative estimate of drug-likeness (QED) is 0.841. The summed E-state index contributed by atoms with van der Waals surface area (Å²) in [5.74, 6) is -0.156. The van der Waals surface area contributed by atoms with Crippen molar-refractivity contribution in [2.24, 2.45) is 0 Å². The topological polar surface area (TPSA) is 49.4 Å². The normalized spacial score (nSPS) is 11.8. The van der Waals surface area contributed by atoms with Crippen molar-refractivity contribution in [3.8, 4) is 0 Å². The van der Waals surface area contributed by atoms with Crippen LogP contribution in [0.3, 0.4) is 0 Å². The number of rotatable bonds is 7. The van der Waals surface area contributed by atoms with Crippen molar-refractivity contribution >= 4 is 23.4 Å². The summed E-state index contributed by atoms with van der Waals surface area (Å²) in [6, 6.07) is 6.82. The van der Waals surface area contributed by atoms with Crippen LogP contribution in [0.15, 0.2) is 24.3 Å². The maximum atomic E-state index is 12.1. The first-order valence-corrected chi connectivity index (χ1v) is 7.69. The fourth-order valence-electron chi connectivity index (χ4n) is 1.97. The molecule has 0 heterocycles. The van der Waals surface area contributed by atoms with Crippen LogP contribution in [0.25, 0.3) is 0 Å². The molecule has 0 radical (unpaired) electrons. The molecule has 0 saturated carbocycles. The average molecular weight is 311 g/mol. The Labute approximate surface area is 131 Å². The zero-order valence-corrected chi connectivity index (χ0v) is 13.6. The van der Waals surface area contributed by atoms with Crippen LogP contribution in [0.2, 0.25) is 5.02 Å². The Balaban J connectivity index is 2.82. The summed E-state index contributed by atoms with van der Waals surface area (Å²) in [5, 5.41) is 3.49. The zero-order valence-electron chi connectivity index (χ0n) is 12.9. The van der Waals surface area contributed by atoms with E-state index in [-0.39, 0.29) is 11.8 Å². The van der Waals surface area contributed by atoms with Gasteiger partial charge >= 0.3 is 0 Å². The van der Waals surface area contributed by atoms with Crippen molar-refractivity contribution < 1.29 is 9.59 Å². The lowest BCUT2D eigenvalue weighted by Crippen LogP contribution is -2.47. The molecule has 0 aliphatic carbocycles. The number of amides is 2. The molecule has 1 aromatic carbocycles. The molecule has 1 N–H and O–H groups in total. The molecular formula is C16H23ClN2O2. The third kappa shape index (κ3) is 5.38. The van der Waals surface area contributed by atoms with Gasteiger partial charge in [-0.05, 0) is 31.0 Å². The van der Waals surface area contributed by atoms with Gasteiger partial charge in [-0.15, -0.1) is 0 Å². The van der Waals surface area contributed by atoms with Gasteiger partial charge in [-0.25, -0.2) is 0 Å². The molecule has 5 heteroatoms. The van der Waals surface area contributed by atoms with E-state index in [4.69, 9.17) is 11.6 Å². The molecule has 1 rings (SSSR count). The van der Waals surface area contributed by atoms with E-state index < -0.39 is 6.04 Å². The maximum Gasteiger partial charge on any atom is 0.242 e. The smallest absolute Gasteiger partial charge is 0.242 e. The van der Waals surface area contributed by atoms with E-state index in [1.807, 2.05) is 19.1 Å². The Bertz CT molecular complexity index is 474. The van der Waals surface area contributed by atoms with Crippen molar-refractivity contribution in [3.05, 3.63) is 34.9 Å². The molecule has 0 aliphatic rings. The van der Waals surface area contributed by atoms with Crippen molar-refractivity contribution in [2.75, 3.05) is 6.54 Å². The lowest BCUT2D eigenvalue weighted by molar-refractivity contribution is -0.140. The van der Waals surface area contributed by atoms with E-state index in [2.05, 4.69) is 5.32 Å². The number of benzene rings is 1. The standard InChI is InChI=1S/C16H23ClN2O2/c1-4-10-18-16(21)12(3)19(15(20)5-2)11-13-6-8-14(17)9-7-13/h6-9,12H,4-5,10-11H2,1-3H3,(H,18,21)/t12-/m1/s1. The third-order valence-electron chi connectivity index (χ3n) is 3.29. The number of hydrogen-bond acceptors (Lipinski definition) is 2. The number of nitrogens with one attached hydrogen (secondary N) is 1. The number of halogens is 1. The summed E-state index contributed by atoms with van der Waals surface area (Å²) >= 11 is 5.86. The molecule has 0 aliphatic heterocycles. The molecular weight excluding hydrogens is 288 g/mol. The number of carbonyl (C=O) groups is 2. The Morgan fingerprint density at radius 1 is 1.24 bits per heavy atom. The van der Waals surface area contributed by atoms with Gasteiger partial charge in [0.25, 0.3) is 0 Å². The van der Waals surface area contributed by atoms with Gasteiger partial charge in [0.15, 0.2) is 0 Å². The molecule has 4 nitrogen and oxygen atoms in total. The maximum absolute atomic E-state index is 12.1. The molecule has 1 aromatic rings. The van der Waals surface area contributed by atoms with Gasteiger partial charge in [0.2, 0.25) is 11.8 Å². The van der Waals surface area contributed by atoms with Crippen molar-refractivity contribution in [3.63, 3.8) is 0 Å². The average Bonchev–Trinajstić information content (AvgIpc) is 2.50. The van der Waals surface area contributed by atoms with Crippen LogP contribution in [0.4, 0.5) is 0 Å². The molecule has 0 bridgehead atoms. The highest BCUT2D eigenvalue weighted by Gasteiger charge is 2.24. The first-order chi connectivity index (χ1) is 9.99. The highest BCUT2D eigenvalue weighted by molar-refractivity contribution is 6.30. The zero-order chi connectivity index (χ0) is 15.8. The number of carbonyl (C=O) groups excluding carboxylic acids is 2. The van der Waals surface area contributed by atoms with Gasteiger partial charge in [0.1, 0.15) is 6.04 Å². The molecule has 21 heavy (non-hydrogen) atoms. The molecule has 116 valence electrons. The van der Waals surface area contributed by atoms with Crippen LogP contribution >= 0.6 is 11.6 Å².